The van der Waals surface area contributed by atoms with E-state index in [1.165, 1.54) is 16.9 Å². The number of nitrogens with one attached hydrogen (secondary N) is 1. The van der Waals surface area contributed by atoms with Gasteiger partial charge in [-0.3, -0.25) is 9.48 Å². The second-order valence-electron chi connectivity index (χ2n) is 8.89. The largest absolute Gasteiger partial charge is 0.443 e. The third kappa shape index (κ3) is 6.53. The van der Waals surface area contributed by atoms with Crippen LogP contribution in [0.1, 0.15) is 57.7 Å². The quantitative estimate of drug-likeness (QED) is 0.779. The van der Waals surface area contributed by atoms with Crippen molar-refractivity contribution in [3.63, 3.8) is 0 Å². The standard InChI is InChI=1S/C21H29N5O5/c1-13-14(24-17(27)15-11-12-22-25(15)8)9-10-16(23-13)26(18(28)30-20(2,3)4)19(29)31-21(5,6)7/h9-12H,1-8H3,(H,24,27). The van der Waals surface area contributed by atoms with Gasteiger partial charge in [-0.2, -0.15) is 10.00 Å². The fourth-order valence-corrected chi connectivity index (χ4v) is 2.46. The molecular weight excluding hydrogens is 402 g/mol. The Morgan fingerprint density at radius 1 is 0.968 bits per heavy atom. The number of ether oxygens (including phenoxy) is 2. The van der Waals surface area contributed by atoms with Crippen LogP contribution in [0.4, 0.5) is 21.1 Å². The molecule has 0 spiro atoms. The molecule has 0 unspecified atom stereocenters. The number of imide groups is 1. The number of nitrogens with zero attached hydrogens (tertiary/aromatic N) is 4. The average Bonchev–Trinajstić information content (AvgIpc) is 3.00. The number of rotatable bonds is 3. The highest BCUT2D eigenvalue weighted by Crippen LogP contribution is 2.23. The molecule has 0 fully saturated rings. The first-order valence-corrected chi connectivity index (χ1v) is 9.71. The van der Waals surface area contributed by atoms with Crippen molar-refractivity contribution >= 4 is 29.6 Å². The predicted octanol–water partition coefficient (Wildman–Crippen LogP) is 4.05. The van der Waals surface area contributed by atoms with Crippen molar-refractivity contribution in [1.82, 2.24) is 14.8 Å². The van der Waals surface area contributed by atoms with E-state index in [1.807, 2.05) is 0 Å². The highest BCUT2D eigenvalue weighted by molar-refractivity contribution is 6.09. The van der Waals surface area contributed by atoms with E-state index in [0.717, 1.165) is 4.90 Å². The lowest BCUT2D eigenvalue weighted by atomic mass is 10.2. The summed E-state index contributed by atoms with van der Waals surface area (Å²) in [5.74, 6) is -0.353. The summed E-state index contributed by atoms with van der Waals surface area (Å²) in [4.78, 5) is 43.0. The van der Waals surface area contributed by atoms with Crippen LogP contribution in [-0.4, -0.2) is 44.1 Å². The number of aryl methyl sites for hydroxylation is 2. The summed E-state index contributed by atoms with van der Waals surface area (Å²) in [6, 6.07) is 4.56. The van der Waals surface area contributed by atoms with Gasteiger partial charge in [0.25, 0.3) is 5.91 Å². The first-order chi connectivity index (χ1) is 14.2. The van der Waals surface area contributed by atoms with Crippen molar-refractivity contribution in [3.05, 3.63) is 35.8 Å². The lowest BCUT2D eigenvalue weighted by Gasteiger charge is -2.28. The lowest BCUT2D eigenvalue weighted by molar-refractivity contribution is 0.0428. The number of pyridine rings is 1. The van der Waals surface area contributed by atoms with Crippen LogP contribution in [0.5, 0.6) is 0 Å². The van der Waals surface area contributed by atoms with E-state index >= 15 is 0 Å². The third-order valence-corrected chi connectivity index (χ3v) is 3.75. The fraction of sp³-hybridized carbons (Fsp3) is 0.476. The minimum Gasteiger partial charge on any atom is -0.443 e. The zero-order valence-corrected chi connectivity index (χ0v) is 19.1. The Kier molecular flexibility index (Phi) is 6.73. The van der Waals surface area contributed by atoms with Crippen molar-refractivity contribution in [2.45, 2.75) is 59.7 Å². The van der Waals surface area contributed by atoms with Crippen molar-refractivity contribution < 1.29 is 23.9 Å². The molecule has 3 amide bonds. The highest BCUT2D eigenvalue weighted by Gasteiger charge is 2.33. The van der Waals surface area contributed by atoms with Crippen LogP contribution in [0.15, 0.2) is 24.4 Å². The predicted molar refractivity (Wildman–Crippen MR) is 115 cm³/mol. The van der Waals surface area contributed by atoms with E-state index in [-0.39, 0.29) is 11.7 Å². The summed E-state index contributed by atoms with van der Waals surface area (Å²) in [7, 11) is 1.66. The van der Waals surface area contributed by atoms with E-state index in [2.05, 4.69) is 15.4 Å². The Balaban J connectivity index is 2.34. The van der Waals surface area contributed by atoms with Crippen LogP contribution in [0.3, 0.4) is 0 Å². The summed E-state index contributed by atoms with van der Waals surface area (Å²) in [6.07, 6.45) is -0.316. The lowest BCUT2D eigenvalue weighted by Crippen LogP contribution is -2.44. The van der Waals surface area contributed by atoms with E-state index < -0.39 is 23.4 Å². The summed E-state index contributed by atoms with van der Waals surface area (Å²) >= 11 is 0. The van der Waals surface area contributed by atoms with Crippen LogP contribution in [-0.2, 0) is 16.5 Å². The van der Waals surface area contributed by atoms with Gasteiger partial charge in [-0.15, -0.1) is 0 Å². The van der Waals surface area contributed by atoms with Crippen molar-refractivity contribution in [3.8, 4) is 0 Å². The molecule has 1 N–H and O–H groups in total. The van der Waals surface area contributed by atoms with Crippen molar-refractivity contribution in [2.24, 2.45) is 7.05 Å². The molecule has 10 heteroatoms. The second-order valence-corrected chi connectivity index (χ2v) is 8.89. The summed E-state index contributed by atoms with van der Waals surface area (Å²) in [5, 5.41) is 6.71. The minimum atomic E-state index is -0.916. The molecule has 0 bridgehead atoms. The third-order valence-electron chi connectivity index (χ3n) is 3.75. The van der Waals surface area contributed by atoms with Gasteiger partial charge in [0.1, 0.15) is 22.7 Å². The number of aromatic nitrogens is 3. The number of carbonyl (C=O) groups is 3. The highest BCUT2D eigenvalue weighted by atomic mass is 16.6. The Hall–Kier alpha value is -3.43. The van der Waals surface area contributed by atoms with Crippen LogP contribution < -0.4 is 10.2 Å². The molecule has 10 nitrogen and oxygen atoms in total. The maximum Gasteiger partial charge on any atom is 0.425 e. The van der Waals surface area contributed by atoms with Crippen LogP contribution >= 0.6 is 0 Å². The Morgan fingerprint density at radius 2 is 1.52 bits per heavy atom. The van der Waals surface area contributed by atoms with E-state index in [4.69, 9.17) is 9.47 Å². The molecular formula is C21H29N5O5. The zero-order valence-electron chi connectivity index (χ0n) is 19.1. The van der Waals surface area contributed by atoms with Gasteiger partial charge in [0, 0.05) is 13.2 Å². The Bertz CT molecular complexity index is 957. The summed E-state index contributed by atoms with van der Waals surface area (Å²) in [6.45, 7) is 11.8. The fourth-order valence-electron chi connectivity index (χ4n) is 2.46. The number of carbonyl (C=O) groups excluding carboxylic acids is 3. The van der Waals surface area contributed by atoms with Gasteiger partial charge in [0.05, 0.1) is 11.4 Å². The molecule has 0 aliphatic carbocycles. The van der Waals surface area contributed by atoms with Gasteiger partial charge in [-0.25, -0.2) is 14.6 Å². The molecule has 0 saturated heterocycles. The molecule has 0 atom stereocenters. The number of hydrogen-bond donors (Lipinski definition) is 1. The van der Waals surface area contributed by atoms with Crippen LogP contribution in [0.2, 0.25) is 0 Å². The number of anilines is 2. The molecule has 0 saturated carbocycles. The van der Waals surface area contributed by atoms with Gasteiger partial charge in [0.15, 0.2) is 0 Å². The molecule has 2 aromatic rings. The molecule has 0 radical (unpaired) electrons. The van der Waals surface area contributed by atoms with Crippen molar-refractivity contribution in [2.75, 3.05) is 10.2 Å². The molecule has 31 heavy (non-hydrogen) atoms. The molecule has 0 aromatic carbocycles. The van der Waals surface area contributed by atoms with E-state index in [0.29, 0.717) is 17.1 Å². The first kappa shape index (κ1) is 23.8. The SMILES string of the molecule is Cc1nc(N(C(=O)OC(C)(C)C)C(=O)OC(C)(C)C)ccc1NC(=O)c1ccnn1C. The molecule has 0 aliphatic heterocycles. The average molecular weight is 431 g/mol. The van der Waals surface area contributed by atoms with Crippen LogP contribution in [0, 0.1) is 6.92 Å². The molecule has 0 aliphatic rings. The normalized spacial score (nSPS) is 11.6. The Labute approximate surface area is 181 Å². The molecule has 2 rings (SSSR count). The maximum absolute atomic E-state index is 12.7. The van der Waals surface area contributed by atoms with Gasteiger partial charge < -0.3 is 14.8 Å². The minimum absolute atomic E-state index is 0.0135. The van der Waals surface area contributed by atoms with Gasteiger partial charge in [-0.05, 0) is 66.7 Å². The molecule has 2 heterocycles. The summed E-state index contributed by atoms with van der Waals surface area (Å²) < 4.78 is 12.2. The molecule has 2 aromatic heterocycles. The smallest absolute Gasteiger partial charge is 0.425 e. The van der Waals surface area contributed by atoms with Gasteiger partial charge >= 0.3 is 12.2 Å². The molecule has 168 valence electrons. The summed E-state index contributed by atoms with van der Waals surface area (Å²) in [5.41, 5.74) is -0.478. The van der Waals surface area contributed by atoms with Gasteiger partial charge in [0.2, 0.25) is 0 Å². The topological polar surface area (TPSA) is 116 Å². The van der Waals surface area contributed by atoms with Gasteiger partial charge in [-0.1, -0.05) is 0 Å². The van der Waals surface area contributed by atoms with Crippen molar-refractivity contribution in [1.29, 1.82) is 0 Å². The maximum atomic E-state index is 12.7. The first-order valence-electron chi connectivity index (χ1n) is 9.71. The van der Waals surface area contributed by atoms with E-state index in [1.54, 1.807) is 67.6 Å². The van der Waals surface area contributed by atoms with Crippen LogP contribution in [0.25, 0.3) is 0 Å². The zero-order chi connectivity index (χ0) is 23.6. The van der Waals surface area contributed by atoms with E-state index in [9.17, 15) is 14.4 Å². The number of hydrogen-bond acceptors (Lipinski definition) is 7. The Morgan fingerprint density at radius 3 is 1.94 bits per heavy atom. The number of amides is 3. The monoisotopic (exact) mass is 431 g/mol. The second kappa shape index (κ2) is 8.75.